The highest BCUT2D eigenvalue weighted by molar-refractivity contribution is 6.25. The zero-order chi connectivity index (χ0) is 8.69. The summed E-state index contributed by atoms with van der Waals surface area (Å²) in [6.45, 7) is 5.63. The predicted octanol–water partition coefficient (Wildman–Crippen LogP) is 4.14. The molecule has 0 aromatic heterocycles. The molecule has 0 bridgehead atoms. The predicted molar refractivity (Wildman–Crippen MR) is 59.4 cm³/mol. The van der Waals surface area contributed by atoms with Crippen LogP contribution in [0.3, 0.4) is 0 Å². The van der Waals surface area contributed by atoms with E-state index in [0.717, 1.165) is 12.0 Å². The number of halogens is 3. The summed E-state index contributed by atoms with van der Waals surface area (Å²) in [5, 5.41) is 0. The fourth-order valence-corrected chi connectivity index (χ4v) is 1.23. The molecule has 0 aromatic rings. The van der Waals surface area contributed by atoms with Gasteiger partial charge in [0.2, 0.25) is 0 Å². The van der Waals surface area contributed by atoms with Gasteiger partial charge in [-0.05, 0) is 12.0 Å². The highest BCUT2D eigenvalue weighted by Gasteiger charge is 2.02. The molecule has 3 heteroatoms. The highest BCUT2D eigenvalue weighted by atomic mass is 35.5. The molecule has 0 spiro atoms. The van der Waals surface area contributed by atoms with Crippen molar-refractivity contribution < 1.29 is 0 Å². The minimum atomic E-state index is 0. The van der Waals surface area contributed by atoms with Crippen molar-refractivity contribution >= 4 is 35.6 Å². The summed E-state index contributed by atoms with van der Waals surface area (Å²) in [6, 6.07) is 0. The molecule has 0 fully saturated rings. The van der Waals surface area contributed by atoms with Crippen LogP contribution in [0.2, 0.25) is 0 Å². The summed E-state index contributed by atoms with van der Waals surface area (Å²) in [7, 11) is 0. The Hall–Kier alpha value is 0.130. The third-order valence-electron chi connectivity index (χ3n) is 1.50. The summed E-state index contributed by atoms with van der Waals surface area (Å²) in [5.74, 6) is 0.905. The molecular weight excluding hydrogens is 214 g/mol. The van der Waals surface area contributed by atoms with E-state index in [-0.39, 0.29) is 12.4 Å². The van der Waals surface area contributed by atoms with Gasteiger partial charge in [0.15, 0.2) is 0 Å². The lowest BCUT2D eigenvalue weighted by Crippen LogP contribution is -1.94. The summed E-state index contributed by atoms with van der Waals surface area (Å²) in [4.78, 5) is 0. The van der Waals surface area contributed by atoms with Crippen molar-refractivity contribution in [3.63, 3.8) is 0 Å². The molecule has 0 aliphatic carbocycles. The Morgan fingerprint density at radius 3 is 2.58 bits per heavy atom. The van der Waals surface area contributed by atoms with E-state index in [4.69, 9.17) is 23.2 Å². The van der Waals surface area contributed by atoms with Crippen LogP contribution in [-0.2, 0) is 0 Å². The SMILES string of the molecule is C=C=C(CCCl)C(C)C=CCl.Cl. The molecule has 0 saturated heterocycles. The molecule has 0 N–H and O–H groups in total. The normalized spacial score (nSPS) is 11.9. The average molecular weight is 228 g/mol. The van der Waals surface area contributed by atoms with Gasteiger partial charge < -0.3 is 0 Å². The molecule has 0 nitrogen and oxygen atoms in total. The summed E-state index contributed by atoms with van der Waals surface area (Å²) in [5.41, 5.74) is 5.48. The van der Waals surface area contributed by atoms with Crippen LogP contribution in [-0.4, -0.2) is 5.88 Å². The van der Waals surface area contributed by atoms with Gasteiger partial charge in [-0.3, -0.25) is 0 Å². The van der Waals surface area contributed by atoms with Crippen LogP contribution in [0.4, 0.5) is 0 Å². The first-order valence-corrected chi connectivity index (χ1v) is 4.45. The minimum Gasteiger partial charge on any atom is -0.147 e. The molecule has 12 heavy (non-hydrogen) atoms. The van der Waals surface area contributed by atoms with Crippen molar-refractivity contribution in [1.82, 2.24) is 0 Å². The molecule has 70 valence electrons. The number of alkyl halides is 1. The third kappa shape index (κ3) is 5.74. The number of allylic oxidation sites excluding steroid dienone is 2. The Morgan fingerprint density at radius 2 is 2.25 bits per heavy atom. The van der Waals surface area contributed by atoms with E-state index >= 15 is 0 Å². The van der Waals surface area contributed by atoms with Gasteiger partial charge in [-0.15, -0.1) is 29.7 Å². The molecule has 0 aromatic carbocycles. The molecule has 0 aliphatic rings. The van der Waals surface area contributed by atoms with Gasteiger partial charge in [0, 0.05) is 17.3 Å². The largest absolute Gasteiger partial charge is 0.147 e. The lowest BCUT2D eigenvalue weighted by atomic mass is 10.0. The van der Waals surface area contributed by atoms with Crippen molar-refractivity contribution in [2.45, 2.75) is 13.3 Å². The monoisotopic (exact) mass is 226 g/mol. The van der Waals surface area contributed by atoms with Crippen LogP contribution < -0.4 is 0 Å². The number of rotatable bonds is 4. The molecule has 0 saturated carbocycles. The van der Waals surface area contributed by atoms with Crippen molar-refractivity contribution in [1.29, 1.82) is 0 Å². The number of hydrogen-bond donors (Lipinski definition) is 0. The van der Waals surface area contributed by atoms with Crippen LogP contribution in [0, 0.1) is 5.92 Å². The summed E-state index contributed by atoms with van der Waals surface area (Å²) < 4.78 is 0. The Kier molecular flexibility index (Phi) is 11.3. The van der Waals surface area contributed by atoms with Crippen LogP contribution in [0.25, 0.3) is 0 Å². The van der Waals surface area contributed by atoms with E-state index in [1.54, 1.807) is 0 Å². The van der Waals surface area contributed by atoms with Crippen molar-refractivity contribution in [3.8, 4) is 0 Å². The first kappa shape index (κ1) is 14.6. The third-order valence-corrected chi connectivity index (χ3v) is 1.84. The summed E-state index contributed by atoms with van der Waals surface area (Å²) in [6.07, 6.45) is 2.72. The second kappa shape index (κ2) is 9.22. The molecule has 0 amide bonds. The van der Waals surface area contributed by atoms with Gasteiger partial charge in [0.1, 0.15) is 0 Å². The zero-order valence-corrected chi connectivity index (χ0v) is 9.35. The van der Waals surface area contributed by atoms with Gasteiger partial charge in [-0.1, -0.05) is 31.2 Å². The van der Waals surface area contributed by atoms with E-state index < -0.39 is 0 Å². The molecule has 0 aliphatic heterocycles. The topological polar surface area (TPSA) is 0 Å². The van der Waals surface area contributed by atoms with Gasteiger partial charge >= 0.3 is 0 Å². The van der Waals surface area contributed by atoms with Gasteiger partial charge in [0.05, 0.1) is 0 Å². The van der Waals surface area contributed by atoms with E-state index in [9.17, 15) is 0 Å². The van der Waals surface area contributed by atoms with Crippen LogP contribution >= 0.6 is 35.6 Å². The van der Waals surface area contributed by atoms with Crippen LogP contribution in [0.5, 0.6) is 0 Å². The lowest BCUT2D eigenvalue weighted by Gasteiger charge is -2.06. The first-order valence-electron chi connectivity index (χ1n) is 3.48. The van der Waals surface area contributed by atoms with E-state index in [2.05, 4.69) is 12.3 Å². The zero-order valence-electron chi connectivity index (χ0n) is 7.02. The Morgan fingerprint density at radius 1 is 1.67 bits per heavy atom. The standard InChI is InChI=1S/C9H12Cl2.ClH/c1-3-9(5-7-11)8(2)4-6-10;/h4,6,8H,1,5,7H2,2H3;1H. The van der Waals surface area contributed by atoms with Crippen molar-refractivity contribution in [3.05, 3.63) is 29.5 Å². The minimum absolute atomic E-state index is 0. The van der Waals surface area contributed by atoms with Crippen LogP contribution in [0.15, 0.2) is 29.5 Å². The molecule has 0 heterocycles. The Bertz CT molecular complexity index is 178. The molecule has 1 atom stereocenters. The van der Waals surface area contributed by atoms with Gasteiger partial charge in [-0.2, -0.15) is 0 Å². The molecule has 0 rings (SSSR count). The smallest absolute Gasteiger partial charge is 0.0267 e. The van der Waals surface area contributed by atoms with E-state index in [1.165, 1.54) is 5.54 Å². The van der Waals surface area contributed by atoms with Gasteiger partial charge in [0.25, 0.3) is 0 Å². The van der Waals surface area contributed by atoms with Crippen LogP contribution in [0.1, 0.15) is 13.3 Å². The quantitative estimate of drug-likeness (QED) is 0.500. The second-order valence-corrected chi connectivity index (χ2v) is 2.88. The number of hydrogen-bond acceptors (Lipinski definition) is 0. The Balaban J connectivity index is 0. The van der Waals surface area contributed by atoms with E-state index in [1.807, 2.05) is 13.0 Å². The maximum Gasteiger partial charge on any atom is 0.0267 e. The maximum atomic E-state index is 5.57. The second-order valence-electron chi connectivity index (χ2n) is 2.25. The molecule has 1 unspecified atom stereocenters. The van der Waals surface area contributed by atoms with Crippen molar-refractivity contribution in [2.24, 2.45) is 5.92 Å². The fraction of sp³-hybridized carbons (Fsp3) is 0.444. The van der Waals surface area contributed by atoms with Crippen molar-refractivity contribution in [2.75, 3.05) is 5.88 Å². The molecular formula is C9H13Cl3. The fourth-order valence-electron chi connectivity index (χ4n) is 0.804. The van der Waals surface area contributed by atoms with Gasteiger partial charge in [-0.25, -0.2) is 0 Å². The van der Waals surface area contributed by atoms with E-state index in [0.29, 0.717) is 11.8 Å². The summed E-state index contributed by atoms with van der Waals surface area (Å²) >= 11 is 11.0. The lowest BCUT2D eigenvalue weighted by molar-refractivity contribution is 0.816. The molecule has 0 radical (unpaired) electrons. The first-order chi connectivity index (χ1) is 5.26. The average Bonchev–Trinajstić information content (AvgIpc) is 2.00. The maximum absolute atomic E-state index is 5.57. The highest BCUT2D eigenvalue weighted by Crippen LogP contribution is 2.15. The Labute approximate surface area is 90.3 Å².